The predicted octanol–water partition coefficient (Wildman–Crippen LogP) is 1.69. The van der Waals surface area contributed by atoms with Gasteiger partial charge in [-0.25, -0.2) is 0 Å². The van der Waals surface area contributed by atoms with Gasteiger partial charge in [0.15, 0.2) is 0 Å². The number of fused-ring (bicyclic) bond motifs is 1. The molecule has 17 heavy (non-hydrogen) atoms. The third kappa shape index (κ3) is 1.85. The van der Waals surface area contributed by atoms with Gasteiger partial charge in [0.2, 0.25) is 0 Å². The SMILES string of the molecule is CC(C)(C)C(=O)OC[C@@H]1OC(=O)C2C=CC21C. The highest BCUT2D eigenvalue weighted by Gasteiger charge is 2.56. The number of cyclic esters (lactones) is 1. The van der Waals surface area contributed by atoms with E-state index in [1.54, 1.807) is 20.8 Å². The predicted molar refractivity (Wildman–Crippen MR) is 61.0 cm³/mol. The van der Waals surface area contributed by atoms with E-state index in [2.05, 4.69) is 0 Å². The summed E-state index contributed by atoms with van der Waals surface area (Å²) >= 11 is 0. The van der Waals surface area contributed by atoms with Crippen LogP contribution in [0.3, 0.4) is 0 Å². The van der Waals surface area contributed by atoms with Crippen molar-refractivity contribution in [2.24, 2.45) is 16.7 Å². The molecule has 0 bridgehead atoms. The van der Waals surface area contributed by atoms with Gasteiger partial charge in [-0.05, 0) is 20.8 Å². The molecule has 94 valence electrons. The van der Waals surface area contributed by atoms with Gasteiger partial charge in [-0.3, -0.25) is 9.59 Å². The lowest BCUT2D eigenvalue weighted by molar-refractivity contribution is -0.160. The summed E-state index contributed by atoms with van der Waals surface area (Å²) in [5, 5.41) is 0. The third-order valence-electron chi connectivity index (χ3n) is 3.50. The Hall–Kier alpha value is -1.32. The maximum atomic E-state index is 11.6. The minimum Gasteiger partial charge on any atom is -0.461 e. The van der Waals surface area contributed by atoms with Crippen molar-refractivity contribution in [3.8, 4) is 0 Å². The van der Waals surface area contributed by atoms with E-state index in [9.17, 15) is 9.59 Å². The monoisotopic (exact) mass is 238 g/mol. The van der Waals surface area contributed by atoms with Crippen molar-refractivity contribution in [3.05, 3.63) is 12.2 Å². The second kappa shape index (κ2) is 3.59. The summed E-state index contributed by atoms with van der Waals surface area (Å²) in [6.07, 6.45) is 3.45. The van der Waals surface area contributed by atoms with Crippen LogP contribution in [-0.4, -0.2) is 24.6 Å². The van der Waals surface area contributed by atoms with Crippen LogP contribution >= 0.6 is 0 Å². The fourth-order valence-corrected chi connectivity index (χ4v) is 2.06. The number of hydrogen-bond acceptors (Lipinski definition) is 4. The van der Waals surface area contributed by atoms with E-state index >= 15 is 0 Å². The van der Waals surface area contributed by atoms with Crippen LogP contribution in [0.5, 0.6) is 0 Å². The molecule has 0 aromatic heterocycles. The summed E-state index contributed by atoms with van der Waals surface area (Å²) in [5.74, 6) is -0.656. The Balaban J connectivity index is 1.96. The molecular formula is C13H18O4. The normalized spacial score (nSPS) is 34.9. The third-order valence-corrected chi connectivity index (χ3v) is 3.50. The molecule has 1 aliphatic heterocycles. The van der Waals surface area contributed by atoms with Gasteiger partial charge in [0, 0.05) is 5.41 Å². The molecule has 0 amide bonds. The molecule has 0 radical (unpaired) electrons. The molecule has 2 aliphatic rings. The number of ether oxygens (including phenoxy) is 2. The van der Waals surface area contributed by atoms with Crippen molar-refractivity contribution in [1.82, 2.24) is 0 Å². The van der Waals surface area contributed by atoms with Gasteiger partial charge in [-0.2, -0.15) is 0 Å². The van der Waals surface area contributed by atoms with E-state index in [-0.39, 0.29) is 36.0 Å². The minimum absolute atomic E-state index is 0.138. The smallest absolute Gasteiger partial charge is 0.314 e. The number of hydrogen-bond donors (Lipinski definition) is 0. The molecule has 1 heterocycles. The van der Waals surface area contributed by atoms with Crippen molar-refractivity contribution >= 4 is 11.9 Å². The van der Waals surface area contributed by atoms with Gasteiger partial charge >= 0.3 is 11.9 Å². The van der Waals surface area contributed by atoms with Crippen LogP contribution in [0.2, 0.25) is 0 Å². The largest absolute Gasteiger partial charge is 0.461 e. The zero-order valence-corrected chi connectivity index (χ0v) is 10.6. The minimum atomic E-state index is -0.529. The molecule has 2 rings (SSSR count). The Morgan fingerprint density at radius 3 is 2.59 bits per heavy atom. The highest BCUT2D eigenvalue weighted by atomic mass is 16.6. The quantitative estimate of drug-likeness (QED) is 0.542. The van der Waals surface area contributed by atoms with Crippen molar-refractivity contribution in [2.75, 3.05) is 6.61 Å². The zero-order chi connectivity index (χ0) is 12.8. The van der Waals surface area contributed by atoms with Crippen molar-refractivity contribution in [1.29, 1.82) is 0 Å². The Kier molecular flexibility index (Phi) is 2.56. The molecule has 3 atom stereocenters. The van der Waals surface area contributed by atoms with Gasteiger partial charge in [-0.15, -0.1) is 0 Å². The number of carbonyl (C=O) groups is 2. The lowest BCUT2D eigenvalue weighted by Crippen LogP contribution is -2.40. The Morgan fingerprint density at radius 1 is 1.53 bits per heavy atom. The first kappa shape index (κ1) is 12.1. The van der Waals surface area contributed by atoms with Gasteiger partial charge < -0.3 is 9.47 Å². The van der Waals surface area contributed by atoms with Gasteiger partial charge in [0.05, 0.1) is 11.3 Å². The van der Waals surface area contributed by atoms with E-state index in [0.29, 0.717) is 0 Å². The molecule has 0 aromatic carbocycles. The molecule has 0 spiro atoms. The summed E-state index contributed by atoms with van der Waals surface area (Å²) in [5.41, 5.74) is -0.826. The topological polar surface area (TPSA) is 52.6 Å². The van der Waals surface area contributed by atoms with E-state index < -0.39 is 5.41 Å². The first-order valence-electron chi connectivity index (χ1n) is 5.82. The van der Waals surface area contributed by atoms with E-state index in [0.717, 1.165) is 0 Å². The highest BCUT2D eigenvalue weighted by Crippen LogP contribution is 2.49. The molecule has 2 unspecified atom stereocenters. The molecular weight excluding hydrogens is 220 g/mol. The number of esters is 2. The molecule has 0 saturated carbocycles. The maximum absolute atomic E-state index is 11.6. The second-order valence-corrected chi connectivity index (χ2v) is 5.98. The van der Waals surface area contributed by atoms with Gasteiger partial charge in [0.25, 0.3) is 0 Å². The Bertz CT molecular complexity index is 391. The Labute approximate surface area is 101 Å². The van der Waals surface area contributed by atoms with Crippen LogP contribution in [0.4, 0.5) is 0 Å². The van der Waals surface area contributed by atoms with Crippen LogP contribution in [0.15, 0.2) is 12.2 Å². The number of carbonyl (C=O) groups excluding carboxylic acids is 2. The van der Waals surface area contributed by atoms with Crippen LogP contribution in [0.25, 0.3) is 0 Å². The molecule has 4 nitrogen and oxygen atoms in total. The van der Waals surface area contributed by atoms with Crippen molar-refractivity contribution in [2.45, 2.75) is 33.8 Å². The lowest BCUT2D eigenvalue weighted by Gasteiger charge is -2.34. The molecule has 1 saturated heterocycles. The molecule has 0 aromatic rings. The molecule has 1 aliphatic carbocycles. The number of rotatable bonds is 2. The summed E-state index contributed by atoms with van der Waals surface area (Å²) < 4.78 is 10.4. The summed E-state index contributed by atoms with van der Waals surface area (Å²) in [4.78, 5) is 23.1. The Morgan fingerprint density at radius 2 is 2.18 bits per heavy atom. The van der Waals surface area contributed by atoms with Crippen molar-refractivity contribution < 1.29 is 19.1 Å². The van der Waals surface area contributed by atoms with Crippen LogP contribution in [0.1, 0.15) is 27.7 Å². The fraction of sp³-hybridized carbons (Fsp3) is 0.692. The van der Waals surface area contributed by atoms with E-state index in [4.69, 9.17) is 9.47 Å². The van der Waals surface area contributed by atoms with Crippen LogP contribution in [0, 0.1) is 16.7 Å². The first-order valence-corrected chi connectivity index (χ1v) is 5.82. The van der Waals surface area contributed by atoms with E-state index in [1.165, 1.54) is 0 Å². The fourth-order valence-electron chi connectivity index (χ4n) is 2.06. The zero-order valence-electron chi connectivity index (χ0n) is 10.6. The average Bonchev–Trinajstić information content (AvgIpc) is 2.33. The molecule has 1 fully saturated rings. The standard InChI is InChI=1S/C13H18O4/c1-12(2,3)11(15)16-7-9-13(4)6-5-8(13)10(14)17-9/h5-6,8-9H,7H2,1-4H3/t8?,9-,13?/m0/s1. The lowest BCUT2D eigenvalue weighted by atomic mass is 9.67. The molecule has 0 N–H and O–H groups in total. The average molecular weight is 238 g/mol. The summed E-state index contributed by atoms with van der Waals surface area (Å²) in [6, 6.07) is 0. The molecule has 4 heteroatoms. The summed E-state index contributed by atoms with van der Waals surface area (Å²) in [7, 11) is 0. The second-order valence-electron chi connectivity index (χ2n) is 5.98. The van der Waals surface area contributed by atoms with Gasteiger partial charge in [0.1, 0.15) is 12.7 Å². The van der Waals surface area contributed by atoms with Crippen LogP contribution < -0.4 is 0 Å². The van der Waals surface area contributed by atoms with Crippen LogP contribution in [-0.2, 0) is 19.1 Å². The summed E-state index contributed by atoms with van der Waals surface area (Å²) in [6.45, 7) is 7.48. The maximum Gasteiger partial charge on any atom is 0.314 e. The highest BCUT2D eigenvalue weighted by molar-refractivity contribution is 5.81. The first-order chi connectivity index (χ1) is 7.75. The van der Waals surface area contributed by atoms with E-state index in [1.807, 2.05) is 19.1 Å². The van der Waals surface area contributed by atoms with Gasteiger partial charge in [-0.1, -0.05) is 19.1 Å². The van der Waals surface area contributed by atoms with Crippen molar-refractivity contribution in [3.63, 3.8) is 0 Å².